The van der Waals surface area contributed by atoms with Crippen molar-refractivity contribution in [3.63, 3.8) is 0 Å². The second-order valence-electron chi connectivity index (χ2n) is 4.35. The van der Waals surface area contributed by atoms with Crippen LogP contribution in [0.5, 0.6) is 0 Å². The Hall–Kier alpha value is -2.85. The summed E-state index contributed by atoms with van der Waals surface area (Å²) in [6, 6.07) is 7.75. The molecule has 0 bridgehead atoms. The lowest BCUT2D eigenvalue weighted by molar-refractivity contribution is -0.145. The lowest BCUT2D eigenvalue weighted by atomic mass is 10.1. The van der Waals surface area contributed by atoms with Crippen LogP contribution >= 0.6 is 0 Å². The molecule has 1 aliphatic heterocycles. The van der Waals surface area contributed by atoms with E-state index in [0.717, 1.165) is 0 Å². The molecular weight excluding hydrogens is 288 g/mol. The van der Waals surface area contributed by atoms with Crippen molar-refractivity contribution in [2.24, 2.45) is 0 Å². The summed E-state index contributed by atoms with van der Waals surface area (Å²) in [6.07, 6.45) is -0.674. The molecule has 1 aromatic rings. The first-order valence-electron chi connectivity index (χ1n) is 6.46. The first-order valence-corrected chi connectivity index (χ1v) is 6.46. The molecule has 0 unspecified atom stereocenters. The van der Waals surface area contributed by atoms with E-state index in [1.54, 1.807) is 30.3 Å². The van der Waals surface area contributed by atoms with E-state index >= 15 is 0 Å². The van der Waals surface area contributed by atoms with Gasteiger partial charge in [0.05, 0.1) is 7.11 Å². The molecule has 0 radical (unpaired) electrons. The van der Waals surface area contributed by atoms with E-state index in [0.29, 0.717) is 5.56 Å². The molecule has 7 heteroatoms. The Balaban J connectivity index is 1.85. The maximum Gasteiger partial charge on any atom is 0.384 e. The van der Waals surface area contributed by atoms with Crippen molar-refractivity contribution in [3.05, 3.63) is 35.9 Å². The van der Waals surface area contributed by atoms with E-state index < -0.39 is 18.2 Å². The van der Waals surface area contributed by atoms with Crippen LogP contribution in [0.2, 0.25) is 0 Å². The fraction of sp³-hybridized carbons (Fsp3) is 0.267. The van der Waals surface area contributed by atoms with Gasteiger partial charge in [0.2, 0.25) is 5.91 Å². The van der Waals surface area contributed by atoms with E-state index in [4.69, 9.17) is 4.74 Å². The number of amides is 2. The zero-order chi connectivity index (χ0) is 15.9. The molecule has 0 saturated carbocycles. The molecule has 1 aromatic carbocycles. The van der Waals surface area contributed by atoms with Crippen molar-refractivity contribution in [2.45, 2.75) is 12.3 Å². The number of nitrogens with one attached hydrogen (secondary N) is 2. The first-order chi connectivity index (χ1) is 10.6. The second kappa shape index (κ2) is 7.24. The van der Waals surface area contributed by atoms with Gasteiger partial charge in [0.15, 0.2) is 12.3 Å². The van der Waals surface area contributed by atoms with Crippen molar-refractivity contribution in [3.8, 4) is 11.8 Å². The third kappa shape index (κ3) is 3.84. The van der Waals surface area contributed by atoms with Crippen molar-refractivity contribution < 1.29 is 23.9 Å². The normalized spacial score (nSPS) is 19.0. The Morgan fingerprint density at radius 2 is 2.05 bits per heavy atom. The van der Waals surface area contributed by atoms with Crippen LogP contribution in [0, 0.1) is 11.8 Å². The standard InChI is InChI=1S/C15H14N2O5/c1-21-11(18)8-5-9-22-15-12(14(20)17-15)16-13(19)10-6-3-2-4-7-10/h2-4,6-7,12,15H,9H2,1H3,(H,16,19)(H,17,20)/t12-,15+/m0/s1. The molecule has 114 valence electrons. The summed E-state index contributed by atoms with van der Waals surface area (Å²) < 4.78 is 9.61. The number of esters is 1. The Morgan fingerprint density at radius 1 is 1.32 bits per heavy atom. The summed E-state index contributed by atoms with van der Waals surface area (Å²) in [4.78, 5) is 34.2. The molecule has 1 heterocycles. The predicted octanol–water partition coefficient (Wildman–Crippen LogP) is -0.566. The van der Waals surface area contributed by atoms with Crippen LogP contribution in [0.1, 0.15) is 10.4 Å². The van der Waals surface area contributed by atoms with Gasteiger partial charge in [-0.1, -0.05) is 24.1 Å². The Kier molecular flexibility index (Phi) is 5.11. The monoisotopic (exact) mass is 302 g/mol. The zero-order valence-electron chi connectivity index (χ0n) is 11.8. The molecule has 1 fully saturated rings. The molecule has 22 heavy (non-hydrogen) atoms. The number of carbonyl (C=O) groups excluding carboxylic acids is 3. The number of carbonyl (C=O) groups is 3. The zero-order valence-corrected chi connectivity index (χ0v) is 11.8. The quantitative estimate of drug-likeness (QED) is 0.336. The molecule has 1 saturated heterocycles. The Morgan fingerprint density at radius 3 is 2.68 bits per heavy atom. The predicted molar refractivity (Wildman–Crippen MR) is 75.4 cm³/mol. The smallest absolute Gasteiger partial charge is 0.384 e. The average molecular weight is 302 g/mol. The van der Waals surface area contributed by atoms with Gasteiger partial charge in [-0.3, -0.25) is 9.59 Å². The average Bonchev–Trinajstić information content (AvgIpc) is 2.55. The van der Waals surface area contributed by atoms with Gasteiger partial charge in [0, 0.05) is 11.5 Å². The van der Waals surface area contributed by atoms with Crippen molar-refractivity contribution in [2.75, 3.05) is 13.7 Å². The van der Waals surface area contributed by atoms with Gasteiger partial charge >= 0.3 is 5.97 Å². The molecule has 2 N–H and O–H groups in total. The summed E-state index contributed by atoms with van der Waals surface area (Å²) in [5, 5.41) is 5.07. The van der Waals surface area contributed by atoms with E-state index in [1.807, 2.05) is 0 Å². The SMILES string of the molecule is COC(=O)C#CCO[C@H]1NC(=O)[C@@H]1NC(=O)c1ccccc1. The highest BCUT2D eigenvalue weighted by atomic mass is 16.5. The molecular formula is C15H14N2O5. The summed E-state index contributed by atoms with van der Waals surface area (Å²) in [5.41, 5.74) is 0.450. The number of rotatable bonds is 4. The van der Waals surface area contributed by atoms with Crippen molar-refractivity contribution >= 4 is 17.8 Å². The van der Waals surface area contributed by atoms with Crippen LogP contribution in [0.4, 0.5) is 0 Å². The first kappa shape index (κ1) is 15.5. The lowest BCUT2D eigenvalue weighted by Gasteiger charge is -2.36. The second-order valence-corrected chi connectivity index (χ2v) is 4.35. The van der Waals surface area contributed by atoms with Crippen molar-refractivity contribution in [1.29, 1.82) is 0 Å². The topological polar surface area (TPSA) is 93.7 Å². The number of β-lactam (4-membered cyclic amide) rings is 1. The lowest BCUT2D eigenvalue weighted by Crippen LogP contribution is -2.70. The van der Waals surface area contributed by atoms with Crippen LogP contribution in [0.25, 0.3) is 0 Å². The molecule has 2 rings (SSSR count). The van der Waals surface area contributed by atoms with Gasteiger partial charge in [-0.05, 0) is 12.1 Å². The van der Waals surface area contributed by atoms with E-state index in [9.17, 15) is 14.4 Å². The van der Waals surface area contributed by atoms with E-state index in [-0.39, 0.29) is 18.4 Å². The number of methoxy groups -OCH3 is 1. The maximum atomic E-state index is 12.0. The van der Waals surface area contributed by atoms with Crippen LogP contribution in [-0.2, 0) is 19.1 Å². The minimum atomic E-state index is -0.785. The summed E-state index contributed by atoms with van der Waals surface area (Å²) in [5.74, 6) is 3.26. The molecule has 2 atom stereocenters. The van der Waals surface area contributed by atoms with Gasteiger partial charge in [-0.2, -0.15) is 0 Å². The fourth-order valence-electron chi connectivity index (χ4n) is 1.74. The highest BCUT2D eigenvalue weighted by Gasteiger charge is 2.41. The van der Waals surface area contributed by atoms with Gasteiger partial charge in [-0.15, -0.1) is 0 Å². The number of ether oxygens (including phenoxy) is 2. The number of hydrogen-bond donors (Lipinski definition) is 2. The minimum Gasteiger partial charge on any atom is -0.459 e. The highest BCUT2D eigenvalue weighted by Crippen LogP contribution is 2.09. The molecule has 0 aromatic heterocycles. The van der Waals surface area contributed by atoms with E-state index in [2.05, 4.69) is 27.2 Å². The van der Waals surface area contributed by atoms with Gasteiger partial charge in [0.25, 0.3) is 5.91 Å². The van der Waals surface area contributed by atoms with Crippen LogP contribution in [0.15, 0.2) is 30.3 Å². The largest absolute Gasteiger partial charge is 0.459 e. The number of hydrogen-bond acceptors (Lipinski definition) is 5. The minimum absolute atomic E-state index is 0.0717. The van der Waals surface area contributed by atoms with Crippen LogP contribution in [0.3, 0.4) is 0 Å². The Bertz CT molecular complexity index is 632. The molecule has 1 aliphatic rings. The van der Waals surface area contributed by atoms with Crippen molar-refractivity contribution in [1.82, 2.24) is 10.6 Å². The van der Waals surface area contributed by atoms with Crippen LogP contribution in [-0.4, -0.2) is 43.8 Å². The molecule has 0 spiro atoms. The maximum absolute atomic E-state index is 12.0. The van der Waals surface area contributed by atoms with Crippen LogP contribution < -0.4 is 10.6 Å². The van der Waals surface area contributed by atoms with E-state index in [1.165, 1.54) is 7.11 Å². The number of benzene rings is 1. The Labute approximate surface area is 127 Å². The summed E-state index contributed by atoms with van der Waals surface area (Å²) in [7, 11) is 1.22. The van der Waals surface area contributed by atoms with Gasteiger partial charge in [-0.25, -0.2) is 4.79 Å². The van der Waals surface area contributed by atoms with Gasteiger partial charge < -0.3 is 20.1 Å². The van der Waals surface area contributed by atoms with Gasteiger partial charge in [0.1, 0.15) is 6.61 Å². The third-order valence-corrected chi connectivity index (χ3v) is 2.90. The molecule has 0 aliphatic carbocycles. The highest BCUT2D eigenvalue weighted by molar-refractivity contribution is 5.99. The summed E-state index contributed by atoms with van der Waals surface area (Å²) >= 11 is 0. The fourth-order valence-corrected chi connectivity index (χ4v) is 1.74. The summed E-state index contributed by atoms with van der Waals surface area (Å²) in [6.45, 7) is -0.0717. The third-order valence-electron chi connectivity index (χ3n) is 2.90. The molecule has 2 amide bonds. The molecule has 7 nitrogen and oxygen atoms in total.